The third-order valence-electron chi connectivity index (χ3n) is 12.3. The van der Waals surface area contributed by atoms with E-state index in [0.29, 0.717) is 61.4 Å². The second-order valence-corrected chi connectivity index (χ2v) is 16.1. The third kappa shape index (κ3) is 6.84. The Labute approximate surface area is 328 Å². The first kappa shape index (κ1) is 36.7. The molecule has 0 radical (unpaired) electrons. The van der Waals surface area contributed by atoms with Crippen molar-refractivity contribution in [1.82, 2.24) is 39.3 Å². The number of fused-ring (bicyclic) bond motifs is 2. The number of hydrogen-bond acceptors (Lipinski definition) is 13. The molecular formula is C39H46N12O6. The Morgan fingerprint density at radius 3 is 2.54 bits per heavy atom. The molecule has 2 aromatic heterocycles. The molecule has 298 valence electrons. The first-order valence-electron chi connectivity index (χ1n) is 19.8. The molecule has 5 aliphatic heterocycles. The summed E-state index contributed by atoms with van der Waals surface area (Å²) in [5.41, 5.74) is 8.24. The summed E-state index contributed by atoms with van der Waals surface area (Å²) < 4.78 is 1.96. The van der Waals surface area contributed by atoms with Crippen LogP contribution in [0.1, 0.15) is 75.4 Å². The highest BCUT2D eigenvalue weighted by Crippen LogP contribution is 2.34. The number of urea groups is 1. The highest BCUT2D eigenvalue weighted by molar-refractivity contribution is 6.24. The van der Waals surface area contributed by atoms with Gasteiger partial charge in [-0.05, 0) is 49.8 Å². The van der Waals surface area contributed by atoms with Crippen molar-refractivity contribution in [3.63, 3.8) is 0 Å². The summed E-state index contributed by atoms with van der Waals surface area (Å²) in [6.07, 6.45) is 4.48. The van der Waals surface area contributed by atoms with Crippen LogP contribution >= 0.6 is 0 Å². The highest BCUT2D eigenvalue weighted by Gasteiger charge is 2.45. The van der Waals surface area contributed by atoms with E-state index in [2.05, 4.69) is 25.0 Å². The quantitative estimate of drug-likeness (QED) is 0.234. The molecule has 3 N–H and O–H groups in total. The zero-order valence-electron chi connectivity index (χ0n) is 31.9. The second kappa shape index (κ2) is 14.5. The largest absolute Gasteiger partial charge is 0.371 e. The van der Waals surface area contributed by atoms with Gasteiger partial charge in [-0.25, -0.2) is 14.8 Å². The molecule has 6 aliphatic rings. The van der Waals surface area contributed by atoms with Gasteiger partial charge in [0.25, 0.3) is 17.7 Å². The number of Topliss-reactive ketones (excluding diaryl/α,β-unsaturated/α-hetero) is 2. The average molecular weight is 779 g/mol. The van der Waals surface area contributed by atoms with Crippen LogP contribution < -0.4 is 20.9 Å². The Bertz CT molecular complexity index is 2190. The number of likely N-dealkylation sites (N-methyl/N-ethyl adjacent to an activating group) is 1. The van der Waals surface area contributed by atoms with Crippen LogP contribution in [-0.2, 0) is 22.7 Å². The summed E-state index contributed by atoms with van der Waals surface area (Å²) in [6, 6.07) is 6.52. The molecule has 1 aromatic carbocycles. The topological polar surface area (TPSA) is 204 Å². The molecule has 4 fully saturated rings. The summed E-state index contributed by atoms with van der Waals surface area (Å²) in [6.45, 7) is 7.47. The molecule has 18 nitrogen and oxygen atoms in total. The van der Waals surface area contributed by atoms with Gasteiger partial charge in [-0.2, -0.15) is 5.10 Å². The fourth-order valence-electron chi connectivity index (χ4n) is 9.32. The minimum atomic E-state index is -0.884. The molecule has 0 spiro atoms. The minimum absolute atomic E-state index is 0.0238. The molecule has 1 aliphatic carbocycles. The number of aromatic nitrogens is 4. The van der Waals surface area contributed by atoms with E-state index in [1.54, 1.807) is 23.2 Å². The van der Waals surface area contributed by atoms with Gasteiger partial charge in [0, 0.05) is 84.1 Å². The average Bonchev–Trinajstić information content (AvgIpc) is 3.97. The number of nitrogens with one attached hydrogen (secondary N) is 1. The SMILES string of the molecule is CN1CCN([C@H]2CCCN(c3cnc(C(N)=O)c(Nc4cc5n(n4)CCN(C[C@@H]4CCN(c6ccc7c(c6)C(=O)N(C6CCC(=O)CC6=O)C7=O)C4)C5)n3)C2)C1=O. The number of anilines is 4. The Morgan fingerprint density at radius 2 is 1.75 bits per heavy atom. The Morgan fingerprint density at radius 1 is 0.912 bits per heavy atom. The monoisotopic (exact) mass is 778 g/mol. The molecule has 3 aromatic rings. The zero-order valence-corrected chi connectivity index (χ0v) is 31.9. The molecule has 1 unspecified atom stereocenters. The van der Waals surface area contributed by atoms with E-state index >= 15 is 0 Å². The fourth-order valence-corrected chi connectivity index (χ4v) is 9.32. The van der Waals surface area contributed by atoms with E-state index in [9.17, 15) is 28.8 Å². The van der Waals surface area contributed by atoms with E-state index in [-0.39, 0.29) is 54.4 Å². The lowest BCUT2D eigenvalue weighted by Crippen LogP contribution is -2.49. The van der Waals surface area contributed by atoms with Crippen LogP contribution in [0.2, 0.25) is 0 Å². The maximum absolute atomic E-state index is 13.4. The van der Waals surface area contributed by atoms with Crippen molar-refractivity contribution in [1.29, 1.82) is 0 Å². The van der Waals surface area contributed by atoms with Crippen molar-refractivity contribution < 1.29 is 28.8 Å². The van der Waals surface area contributed by atoms with Crippen molar-refractivity contribution in [2.45, 2.75) is 63.7 Å². The molecule has 57 heavy (non-hydrogen) atoms. The Balaban J connectivity index is 0.827. The molecule has 18 heteroatoms. The summed E-state index contributed by atoms with van der Waals surface area (Å²) in [5, 5.41) is 7.99. The number of carbonyl (C=O) groups is 6. The lowest BCUT2D eigenvalue weighted by atomic mass is 9.92. The summed E-state index contributed by atoms with van der Waals surface area (Å²) in [7, 11) is 1.82. The molecule has 5 amide bonds. The van der Waals surface area contributed by atoms with Crippen LogP contribution in [0.3, 0.4) is 0 Å². The minimum Gasteiger partial charge on any atom is -0.371 e. The number of nitrogens with two attached hydrogens (primary N) is 1. The van der Waals surface area contributed by atoms with Crippen LogP contribution in [0.4, 0.5) is 27.9 Å². The van der Waals surface area contributed by atoms with Crippen molar-refractivity contribution in [2.75, 3.05) is 74.5 Å². The van der Waals surface area contributed by atoms with Crippen molar-refractivity contribution >= 4 is 58.5 Å². The number of carbonyl (C=O) groups excluding carboxylic acids is 6. The zero-order chi connectivity index (χ0) is 39.5. The van der Waals surface area contributed by atoms with Crippen LogP contribution in [0.25, 0.3) is 0 Å². The first-order chi connectivity index (χ1) is 27.5. The van der Waals surface area contributed by atoms with E-state index in [4.69, 9.17) is 15.8 Å². The summed E-state index contributed by atoms with van der Waals surface area (Å²) in [4.78, 5) is 96.7. The number of hydrogen-bond donors (Lipinski definition) is 2. The Hall–Kier alpha value is -5.91. The van der Waals surface area contributed by atoms with Crippen molar-refractivity contribution in [3.8, 4) is 0 Å². The molecule has 3 saturated heterocycles. The van der Waals surface area contributed by atoms with Gasteiger partial charge in [-0.15, -0.1) is 0 Å². The van der Waals surface area contributed by atoms with Gasteiger partial charge in [0.15, 0.2) is 23.1 Å². The molecule has 3 atom stereocenters. The Kier molecular flexibility index (Phi) is 9.37. The predicted molar refractivity (Wildman–Crippen MR) is 206 cm³/mol. The van der Waals surface area contributed by atoms with E-state index < -0.39 is 23.8 Å². The standard InChI is InChI=1S/C39H46N12O6/c1-45-11-13-49(39(45)57)25-3-2-9-48(22-25)33-18-41-34(35(40)54)36(43-33)42-32-16-26-21-46(12-14-50(26)44-32)19-23-8-10-47(20-23)24-4-6-28-29(15-24)38(56)51(37(28)55)30-7-5-27(52)17-31(30)53/h4,6,15-16,18,23,25,30H,2-3,5,7-14,17,19-22H2,1H3,(H2,40,54)(H,42,43,44)/t23-,25-,30?/m0/s1. The first-order valence-corrected chi connectivity index (χ1v) is 19.8. The van der Waals surface area contributed by atoms with Crippen molar-refractivity contribution in [3.05, 3.63) is 53.0 Å². The summed E-state index contributed by atoms with van der Waals surface area (Å²) >= 11 is 0. The number of benzene rings is 1. The molecule has 1 saturated carbocycles. The number of rotatable bonds is 9. The smallest absolute Gasteiger partial charge is 0.320 e. The molecule has 0 bridgehead atoms. The van der Waals surface area contributed by atoms with E-state index in [1.807, 2.05) is 28.8 Å². The molecular weight excluding hydrogens is 733 g/mol. The van der Waals surface area contributed by atoms with Gasteiger partial charge in [0.05, 0.1) is 48.1 Å². The van der Waals surface area contributed by atoms with Crippen molar-refractivity contribution in [2.24, 2.45) is 11.7 Å². The maximum atomic E-state index is 13.4. The van der Waals surface area contributed by atoms with Crippen LogP contribution in [0.5, 0.6) is 0 Å². The third-order valence-corrected chi connectivity index (χ3v) is 12.3. The van der Waals surface area contributed by atoms with Gasteiger partial charge in [-0.1, -0.05) is 0 Å². The van der Waals surface area contributed by atoms with E-state index in [0.717, 1.165) is 68.3 Å². The lowest BCUT2D eigenvalue weighted by Gasteiger charge is -2.37. The van der Waals surface area contributed by atoms with Crippen LogP contribution in [0.15, 0.2) is 30.5 Å². The molecule has 9 rings (SSSR count). The second-order valence-electron chi connectivity index (χ2n) is 16.1. The number of piperidine rings is 1. The fraction of sp³-hybridized carbons (Fsp3) is 0.513. The van der Waals surface area contributed by atoms with Gasteiger partial charge in [-0.3, -0.25) is 38.5 Å². The highest BCUT2D eigenvalue weighted by atomic mass is 16.2. The normalized spacial score (nSPS) is 24.2. The number of nitrogens with zero attached hydrogens (tertiary/aromatic N) is 10. The van der Waals surface area contributed by atoms with Gasteiger partial charge >= 0.3 is 6.03 Å². The number of primary amides is 1. The number of imide groups is 1. The maximum Gasteiger partial charge on any atom is 0.320 e. The van der Waals surface area contributed by atoms with Crippen LogP contribution in [-0.4, -0.2) is 146 Å². The van der Waals surface area contributed by atoms with E-state index in [1.165, 1.54) is 0 Å². The lowest BCUT2D eigenvalue weighted by molar-refractivity contribution is -0.132. The van der Waals surface area contributed by atoms with Gasteiger partial charge in [0.2, 0.25) is 0 Å². The number of amides is 5. The van der Waals surface area contributed by atoms with Gasteiger partial charge in [0.1, 0.15) is 11.6 Å². The van der Waals surface area contributed by atoms with Gasteiger partial charge < -0.3 is 30.7 Å². The number of ketones is 2. The summed E-state index contributed by atoms with van der Waals surface area (Å²) in [5.74, 6) is -0.402. The van der Waals surface area contributed by atoms with Crippen LogP contribution in [0, 0.1) is 5.92 Å². The predicted octanol–water partition coefficient (Wildman–Crippen LogP) is 1.48. The molecule has 7 heterocycles.